The van der Waals surface area contributed by atoms with Gasteiger partial charge in [-0.25, -0.2) is 14.5 Å². The molecule has 0 aromatic heterocycles. The second-order valence-electron chi connectivity index (χ2n) is 6.56. The van der Waals surface area contributed by atoms with Crippen LogP contribution in [0.25, 0.3) is 6.08 Å². The van der Waals surface area contributed by atoms with Gasteiger partial charge in [0.1, 0.15) is 17.1 Å². The molecule has 1 aliphatic heterocycles. The van der Waals surface area contributed by atoms with Gasteiger partial charge in [0.05, 0.1) is 12.3 Å². The molecular formula is C22H20N2O7. The van der Waals surface area contributed by atoms with E-state index in [1.807, 2.05) is 6.92 Å². The first-order chi connectivity index (χ1) is 14.8. The zero-order valence-corrected chi connectivity index (χ0v) is 16.8. The van der Waals surface area contributed by atoms with Crippen LogP contribution in [0.15, 0.2) is 54.1 Å². The van der Waals surface area contributed by atoms with Crippen LogP contribution in [0.4, 0.5) is 10.5 Å². The molecule has 1 aliphatic rings. The Morgan fingerprint density at radius 2 is 1.84 bits per heavy atom. The summed E-state index contributed by atoms with van der Waals surface area (Å²) in [6.45, 7) is 3.62. The van der Waals surface area contributed by atoms with Crippen LogP contribution in [-0.4, -0.2) is 41.6 Å². The Morgan fingerprint density at radius 3 is 2.48 bits per heavy atom. The van der Waals surface area contributed by atoms with E-state index >= 15 is 0 Å². The van der Waals surface area contributed by atoms with Crippen LogP contribution < -0.4 is 19.7 Å². The molecule has 4 amide bonds. The molecule has 160 valence electrons. The molecule has 1 heterocycles. The van der Waals surface area contributed by atoms with Gasteiger partial charge in [0, 0.05) is 6.07 Å². The van der Waals surface area contributed by atoms with Crippen LogP contribution in [-0.2, 0) is 14.4 Å². The number of carboxylic acid groups (broad SMARTS) is 1. The number of urea groups is 1. The number of anilines is 1. The lowest BCUT2D eigenvalue weighted by Gasteiger charge is -2.26. The number of carbonyl (C=O) groups excluding carboxylic acids is 3. The second kappa shape index (κ2) is 9.12. The number of rotatable bonds is 7. The Kier molecular flexibility index (Phi) is 6.35. The summed E-state index contributed by atoms with van der Waals surface area (Å²) in [6.07, 6.45) is 0.315. The van der Waals surface area contributed by atoms with Crippen LogP contribution in [0.3, 0.4) is 0 Å². The third-order valence-electron chi connectivity index (χ3n) is 4.34. The van der Waals surface area contributed by atoms with E-state index in [9.17, 15) is 19.2 Å². The highest BCUT2D eigenvalue weighted by molar-refractivity contribution is 6.39. The number of nitrogens with zero attached hydrogens (tertiary/aromatic N) is 1. The van der Waals surface area contributed by atoms with Gasteiger partial charge in [0.25, 0.3) is 11.8 Å². The molecule has 0 unspecified atom stereocenters. The molecule has 0 aliphatic carbocycles. The number of amides is 4. The van der Waals surface area contributed by atoms with Gasteiger partial charge in [-0.05, 0) is 49.8 Å². The minimum absolute atomic E-state index is 0.228. The molecule has 2 aromatic rings. The number of imide groups is 2. The van der Waals surface area contributed by atoms with Gasteiger partial charge in [0.2, 0.25) is 0 Å². The fraction of sp³-hybridized carbons (Fsp3) is 0.182. The van der Waals surface area contributed by atoms with Gasteiger partial charge < -0.3 is 14.6 Å². The minimum Gasteiger partial charge on any atom is -0.494 e. The number of nitrogens with one attached hydrogen (secondary N) is 1. The van der Waals surface area contributed by atoms with Crippen LogP contribution >= 0.6 is 0 Å². The van der Waals surface area contributed by atoms with Gasteiger partial charge in [-0.2, -0.15) is 0 Å². The SMILES string of the molecule is CCOc1cccc(N2C(=O)NC(=O)/C(=C\c3ccc(O[C@H](C)C(=O)O)cc3)C2=O)c1. The lowest BCUT2D eigenvalue weighted by atomic mass is 10.1. The number of aliphatic carboxylic acids is 1. The number of barbiturate groups is 1. The molecule has 31 heavy (non-hydrogen) atoms. The Balaban J connectivity index is 1.87. The quantitative estimate of drug-likeness (QED) is 0.517. The van der Waals surface area contributed by atoms with Crippen LogP contribution in [0.1, 0.15) is 19.4 Å². The monoisotopic (exact) mass is 424 g/mol. The van der Waals surface area contributed by atoms with E-state index in [2.05, 4.69) is 5.32 Å². The fourth-order valence-electron chi connectivity index (χ4n) is 2.83. The smallest absolute Gasteiger partial charge is 0.344 e. The first-order valence-electron chi connectivity index (χ1n) is 9.44. The van der Waals surface area contributed by atoms with Crippen molar-refractivity contribution < 1.29 is 33.8 Å². The topological polar surface area (TPSA) is 122 Å². The van der Waals surface area contributed by atoms with Crippen molar-refractivity contribution in [2.45, 2.75) is 20.0 Å². The largest absolute Gasteiger partial charge is 0.494 e. The van der Waals surface area contributed by atoms with Gasteiger partial charge in [-0.1, -0.05) is 18.2 Å². The molecule has 2 aromatic carbocycles. The molecule has 0 saturated carbocycles. The minimum atomic E-state index is -1.10. The number of benzene rings is 2. The highest BCUT2D eigenvalue weighted by atomic mass is 16.5. The molecule has 1 saturated heterocycles. The maximum Gasteiger partial charge on any atom is 0.344 e. The Bertz CT molecular complexity index is 1060. The maximum absolute atomic E-state index is 13.0. The molecule has 1 fully saturated rings. The van der Waals surface area contributed by atoms with E-state index in [4.69, 9.17) is 14.6 Å². The van der Waals surface area contributed by atoms with Crippen molar-refractivity contribution in [2.75, 3.05) is 11.5 Å². The van der Waals surface area contributed by atoms with Gasteiger partial charge in [-0.3, -0.25) is 14.9 Å². The average Bonchev–Trinajstić information content (AvgIpc) is 2.72. The summed E-state index contributed by atoms with van der Waals surface area (Å²) < 4.78 is 10.7. The summed E-state index contributed by atoms with van der Waals surface area (Å²) in [5.74, 6) is -1.89. The molecule has 9 nitrogen and oxygen atoms in total. The molecule has 0 radical (unpaired) electrons. The van der Waals surface area contributed by atoms with Gasteiger partial charge in [0.15, 0.2) is 6.10 Å². The fourth-order valence-corrected chi connectivity index (χ4v) is 2.83. The summed E-state index contributed by atoms with van der Waals surface area (Å²) in [4.78, 5) is 49.3. The number of carbonyl (C=O) groups is 4. The molecule has 0 bridgehead atoms. The normalized spacial score (nSPS) is 16.1. The van der Waals surface area contributed by atoms with E-state index in [0.717, 1.165) is 4.90 Å². The Hall–Kier alpha value is -4.14. The van der Waals surface area contributed by atoms with Crippen molar-refractivity contribution >= 4 is 35.6 Å². The standard InChI is InChI=1S/C22H20N2O7/c1-3-30-17-6-4-5-15(12-17)24-20(26)18(19(25)23-22(24)29)11-14-7-9-16(10-8-14)31-13(2)21(27)28/h4-13H,3H2,1-2H3,(H,27,28)(H,23,25,29)/b18-11+/t13-/m1/s1. The van der Waals surface area contributed by atoms with E-state index in [-0.39, 0.29) is 11.3 Å². The summed E-state index contributed by atoms with van der Waals surface area (Å²) in [5.41, 5.74) is 0.526. The number of hydrogen-bond acceptors (Lipinski definition) is 6. The van der Waals surface area contributed by atoms with Crippen molar-refractivity contribution in [3.05, 3.63) is 59.7 Å². The van der Waals surface area contributed by atoms with Crippen LogP contribution in [0.5, 0.6) is 11.5 Å². The number of ether oxygens (including phenoxy) is 2. The number of carboxylic acids is 1. The van der Waals surface area contributed by atoms with Crippen molar-refractivity contribution in [3.63, 3.8) is 0 Å². The van der Waals surface area contributed by atoms with Crippen molar-refractivity contribution in [1.29, 1.82) is 0 Å². The average molecular weight is 424 g/mol. The summed E-state index contributed by atoms with van der Waals surface area (Å²) in [5, 5.41) is 11.1. The van der Waals surface area contributed by atoms with E-state index in [0.29, 0.717) is 23.7 Å². The highest BCUT2D eigenvalue weighted by Gasteiger charge is 2.36. The zero-order chi connectivity index (χ0) is 22.5. The van der Waals surface area contributed by atoms with Crippen LogP contribution in [0, 0.1) is 0 Å². The van der Waals surface area contributed by atoms with E-state index < -0.39 is 29.9 Å². The lowest BCUT2D eigenvalue weighted by molar-refractivity contribution is -0.144. The van der Waals surface area contributed by atoms with Crippen molar-refractivity contribution in [3.8, 4) is 11.5 Å². The molecule has 1 atom stereocenters. The Morgan fingerprint density at radius 1 is 1.13 bits per heavy atom. The van der Waals surface area contributed by atoms with Gasteiger partial charge in [-0.15, -0.1) is 0 Å². The predicted octanol–water partition coefficient (Wildman–Crippen LogP) is 2.60. The third kappa shape index (κ3) is 4.89. The van der Waals surface area contributed by atoms with Crippen molar-refractivity contribution in [1.82, 2.24) is 5.32 Å². The number of hydrogen-bond donors (Lipinski definition) is 2. The molecule has 2 N–H and O–H groups in total. The zero-order valence-electron chi connectivity index (χ0n) is 16.8. The van der Waals surface area contributed by atoms with Gasteiger partial charge >= 0.3 is 12.0 Å². The third-order valence-corrected chi connectivity index (χ3v) is 4.34. The first-order valence-corrected chi connectivity index (χ1v) is 9.44. The maximum atomic E-state index is 13.0. The highest BCUT2D eigenvalue weighted by Crippen LogP contribution is 2.26. The molecular weight excluding hydrogens is 404 g/mol. The summed E-state index contributed by atoms with van der Waals surface area (Å²) in [6, 6.07) is 11.7. The molecule has 9 heteroatoms. The molecule has 3 rings (SSSR count). The molecule has 0 spiro atoms. The van der Waals surface area contributed by atoms with Crippen molar-refractivity contribution in [2.24, 2.45) is 0 Å². The second-order valence-corrected chi connectivity index (χ2v) is 6.56. The van der Waals surface area contributed by atoms with E-state index in [1.165, 1.54) is 31.2 Å². The lowest BCUT2D eigenvalue weighted by Crippen LogP contribution is -2.54. The Labute approximate surface area is 177 Å². The predicted molar refractivity (Wildman–Crippen MR) is 111 cm³/mol. The first kappa shape index (κ1) is 21.6. The summed E-state index contributed by atoms with van der Waals surface area (Å²) in [7, 11) is 0. The van der Waals surface area contributed by atoms with Crippen LogP contribution in [0.2, 0.25) is 0 Å². The van der Waals surface area contributed by atoms with E-state index in [1.54, 1.807) is 30.3 Å². The summed E-state index contributed by atoms with van der Waals surface area (Å²) >= 11 is 0.